The van der Waals surface area contributed by atoms with Crippen molar-refractivity contribution in [2.45, 2.75) is 74.3 Å². The molecule has 3 heterocycles. The number of imide groups is 1. The van der Waals surface area contributed by atoms with E-state index in [1.165, 1.54) is 25.7 Å². The highest BCUT2D eigenvalue weighted by Gasteiger charge is 2.53. The number of amides is 3. The minimum absolute atomic E-state index is 0.128. The van der Waals surface area contributed by atoms with E-state index in [2.05, 4.69) is 22.1 Å². The van der Waals surface area contributed by atoms with Crippen LogP contribution in [0.2, 0.25) is 0 Å². The topological polar surface area (TPSA) is 91.4 Å². The molecule has 2 aromatic rings. The molecule has 4 bridgehead atoms. The Balaban J connectivity index is 0.946. The Morgan fingerprint density at radius 3 is 2.89 bits per heavy atom. The van der Waals surface area contributed by atoms with Crippen LogP contribution in [0, 0.1) is 23.7 Å². The van der Waals surface area contributed by atoms with Crippen molar-refractivity contribution in [3.05, 3.63) is 45.4 Å². The standard InChI is InChI=1S/C27H30N4O3S2/c32-23-4-3-22(26(33)30-23)31-11-17-9-19(1-2-20(17)27(31)34)35-13-24-29-18(12-36-24)10-28-25-16-6-14-5-15(8-16)21(25)7-14/h1-2,9,12,14-16,21-22,25,28H,3-8,10-11,13H2,(H,30,32,33). The fourth-order valence-electron chi connectivity index (χ4n) is 7.56. The molecular formula is C27H30N4O3S2. The summed E-state index contributed by atoms with van der Waals surface area (Å²) in [6, 6.07) is 6.03. The van der Waals surface area contributed by atoms with Gasteiger partial charge in [-0.2, -0.15) is 0 Å². The first-order valence-electron chi connectivity index (χ1n) is 13.1. The van der Waals surface area contributed by atoms with E-state index in [-0.39, 0.29) is 24.1 Å². The second-order valence-electron chi connectivity index (χ2n) is 11.1. The molecule has 188 valence electrons. The highest BCUT2D eigenvalue weighted by molar-refractivity contribution is 7.98. The number of benzene rings is 1. The predicted molar refractivity (Wildman–Crippen MR) is 137 cm³/mol. The van der Waals surface area contributed by atoms with Gasteiger partial charge in [-0.05, 0) is 79.5 Å². The Hall–Kier alpha value is -2.23. The number of rotatable bonds is 7. The average Bonchev–Trinajstić information content (AvgIpc) is 3.58. The molecule has 9 heteroatoms. The number of fused-ring (bicyclic) bond motifs is 1. The van der Waals surface area contributed by atoms with Gasteiger partial charge in [-0.1, -0.05) is 0 Å². The number of thiazole rings is 1. The zero-order valence-corrected chi connectivity index (χ0v) is 21.7. The molecule has 7 nitrogen and oxygen atoms in total. The SMILES string of the molecule is O=C1CCC(N2Cc3cc(SCc4nc(CNC5C6CC7CC(C6)C5C7)cs4)ccc3C2=O)C(=O)N1. The van der Waals surface area contributed by atoms with E-state index in [9.17, 15) is 14.4 Å². The lowest BCUT2D eigenvalue weighted by atomic mass is 9.79. The maximum atomic E-state index is 12.9. The lowest BCUT2D eigenvalue weighted by molar-refractivity contribution is -0.136. The third kappa shape index (κ3) is 4.00. The van der Waals surface area contributed by atoms with Crippen LogP contribution in [0.25, 0.3) is 0 Å². The molecule has 6 atom stereocenters. The summed E-state index contributed by atoms with van der Waals surface area (Å²) in [4.78, 5) is 44.2. The summed E-state index contributed by atoms with van der Waals surface area (Å²) in [5.74, 6) is 3.81. The molecule has 1 aromatic heterocycles. The van der Waals surface area contributed by atoms with Crippen molar-refractivity contribution in [2.24, 2.45) is 23.7 Å². The molecule has 6 aliphatic rings. The van der Waals surface area contributed by atoms with Gasteiger partial charge in [0.2, 0.25) is 11.8 Å². The molecule has 2 aliphatic heterocycles. The van der Waals surface area contributed by atoms with Gasteiger partial charge in [0.1, 0.15) is 11.0 Å². The summed E-state index contributed by atoms with van der Waals surface area (Å²) >= 11 is 3.45. The van der Waals surface area contributed by atoms with Crippen molar-refractivity contribution < 1.29 is 14.4 Å². The third-order valence-electron chi connectivity index (χ3n) is 9.03. The lowest BCUT2D eigenvalue weighted by Gasteiger charge is -2.32. The van der Waals surface area contributed by atoms with Crippen molar-refractivity contribution in [1.82, 2.24) is 20.5 Å². The number of carbonyl (C=O) groups excluding carboxylic acids is 3. The van der Waals surface area contributed by atoms with Crippen molar-refractivity contribution >= 4 is 40.8 Å². The molecule has 0 radical (unpaired) electrons. The van der Waals surface area contributed by atoms with Gasteiger partial charge in [-0.3, -0.25) is 19.7 Å². The second kappa shape index (κ2) is 8.96. The van der Waals surface area contributed by atoms with E-state index in [4.69, 9.17) is 4.98 Å². The van der Waals surface area contributed by atoms with Gasteiger partial charge >= 0.3 is 0 Å². The average molecular weight is 523 g/mol. The van der Waals surface area contributed by atoms with E-state index < -0.39 is 6.04 Å². The fraction of sp³-hybridized carbons (Fsp3) is 0.556. The summed E-state index contributed by atoms with van der Waals surface area (Å²) in [7, 11) is 0. The number of hydrogen-bond donors (Lipinski definition) is 2. The van der Waals surface area contributed by atoms with Gasteiger partial charge in [0, 0.05) is 41.4 Å². The molecule has 0 spiro atoms. The molecule has 1 saturated heterocycles. The zero-order chi connectivity index (χ0) is 24.4. The first-order chi connectivity index (χ1) is 17.5. The van der Waals surface area contributed by atoms with Crippen molar-refractivity contribution in [3.63, 3.8) is 0 Å². The van der Waals surface area contributed by atoms with Gasteiger partial charge in [0.25, 0.3) is 5.91 Å². The first kappa shape index (κ1) is 22.9. The zero-order valence-electron chi connectivity index (χ0n) is 20.1. The molecule has 4 saturated carbocycles. The molecule has 8 rings (SSSR count). The number of thioether (sulfide) groups is 1. The summed E-state index contributed by atoms with van der Waals surface area (Å²) in [5, 5.41) is 9.53. The van der Waals surface area contributed by atoms with E-state index in [0.29, 0.717) is 24.6 Å². The molecular weight excluding hydrogens is 492 g/mol. The second-order valence-corrected chi connectivity index (χ2v) is 13.1. The Labute approximate surface area is 218 Å². The van der Waals surface area contributed by atoms with E-state index in [0.717, 1.165) is 57.1 Å². The van der Waals surface area contributed by atoms with Crippen LogP contribution in [-0.2, 0) is 28.4 Å². The fourth-order valence-corrected chi connectivity index (χ4v) is 9.33. The van der Waals surface area contributed by atoms with Crippen LogP contribution in [0.5, 0.6) is 0 Å². The number of piperidine rings is 1. The first-order valence-corrected chi connectivity index (χ1v) is 15.0. The smallest absolute Gasteiger partial charge is 0.255 e. The Morgan fingerprint density at radius 2 is 2.03 bits per heavy atom. The van der Waals surface area contributed by atoms with Gasteiger partial charge in [-0.25, -0.2) is 4.98 Å². The maximum Gasteiger partial charge on any atom is 0.255 e. The Bertz CT molecular complexity index is 1240. The van der Waals surface area contributed by atoms with E-state index in [1.54, 1.807) is 28.0 Å². The summed E-state index contributed by atoms with van der Waals surface area (Å²) < 4.78 is 0. The van der Waals surface area contributed by atoms with Crippen molar-refractivity contribution in [2.75, 3.05) is 0 Å². The van der Waals surface area contributed by atoms with Crippen LogP contribution in [0.15, 0.2) is 28.5 Å². The summed E-state index contributed by atoms with van der Waals surface area (Å²) in [5.41, 5.74) is 2.74. The predicted octanol–water partition coefficient (Wildman–Crippen LogP) is 3.72. The minimum atomic E-state index is -0.574. The lowest BCUT2D eigenvalue weighted by Crippen LogP contribution is -2.52. The molecule has 1 aromatic carbocycles. The Morgan fingerprint density at radius 1 is 1.14 bits per heavy atom. The number of nitrogens with one attached hydrogen (secondary N) is 2. The van der Waals surface area contributed by atoms with E-state index in [1.807, 2.05) is 12.1 Å². The van der Waals surface area contributed by atoms with Crippen LogP contribution >= 0.6 is 23.1 Å². The number of aromatic nitrogens is 1. The van der Waals surface area contributed by atoms with Crippen LogP contribution in [-0.4, -0.2) is 39.7 Å². The van der Waals surface area contributed by atoms with Gasteiger partial charge in [-0.15, -0.1) is 23.1 Å². The quantitative estimate of drug-likeness (QED) is 0.426. The highest BCUT2D eigenvalue weighted by Crippen LogP contribution is 2.58. The van der Waals surface area contributed by atoms with E-state index >= 15 is 0 Å². The molecule has 4 aliphatic carbocycles. The summed E-state index contributed by atoms with van der Waals surface area (Å²) in [6.07, 6.45) is 6.44. The monoisotopic (exact) mass is 522 g/mol. The number of hydrogen-bond acceptors (Lipinski definition) is 7. The highest BCUT2D eigenvalue weighted by atomic mass is 32.2. The molecule has 6 unspecified atom stereocenters. The van der Waals surface area contributed by atoms with Crippen LogP contribution in [0.3, 0.4) is 0 Å². The minimum Gasteiger partial charge on any atom is -0.322 e. The summed E-state index contributed by atoms with van der Waals surface area (Å²) in [6.45, 7) is 1.28. The normalized spacial score (nSPS) is 32.4. The van der Waals surface area contributed by atoms with Crippen molar-refractivity contribution in [1.29, 1.82) is 0 Å². The maximum absolute atomic E-state index is 12.9. The van der Waals surface area contributed by atoms with Gasteiger partial charge in [0.15, 0.2) is 0 Å². The molecule has 3 amide bonds. The van der Waals surface area contributed by atoms with Gasteiger partial charge < -0.3 is 10.2 Å². The number of carbonyl (C=O) groups is 3. The van der Waals surface area contributed by atoms with Crippen molar-refractivity contribution in [3.8, 4) is 0 Å². The van der Waals surface area contributed by atoms with Crippen LogP contribution < -0.4 is 10.6 Å². The Kier molecular flexibility index (Phi) is 5.70. The van der Waals surface area contributed by atoms with Gasteiger partial charge in [0.05, 0.1) is 11.4 Å². The molecule has 5 fully saturated rings. The third-order valence-corrected chi connectivity index (χ3v) is 11.1. The molecule has 36 heavy (non-hydrogen) atoms. The number of nitrogens with zero attached hydrogens (tertiary/aromatic N) is 2. The van der Waals surface area contributed by atoms with Crippen LogP contribution in [0.4, 0.5) is 0 Å². The largest absolute Gasteiger partial charge is 0.322 e. The molecule has 2 N–H and O–H groups in total. The van der Waals surface area contributed by atoms with Crippen LogP contribution in [0.1, 0.15) is 65.1 Å².